The third-order valence-corrected chi connectivity index (χ3v) is 5.16. The number of nitrogens with one attached hydrogen (secondary N) is 1. The topological polar surface area (TPSA) is 98.2 Å². The number of rotatable bonds is 7. The molecule has 0 spiro atoms. The van der Waals surface area contributed by atoms with Crippen molar-refractivity contribution >= 4 is 27.5 Å². The van der Waals surface area contributed by atoms with Crippen LogP contribution < -0.4 is 10.5 Å². The summed E-state index contributed by atoms with van der Waals surface area (Å²) in [5.41, 5.74) is 6.44. The normalized spacial score (nSPS) is 11.6. The van der Waals surface area contributed by atoms with Gasteiger partial charge in [0.05, 0.1) is 18.5 Å². The van der Waals surface area contributed by atoms with Crippen molar-refractivity contribution in [2.24, 2.45) is 0 Å². The molecule has 0 atom stereocenters. The number of nitrogens with zero attached hydrogens (tertiary/aromatic N) is 1. The van der Waals surface area contributed by atoms with E-state index >= 15 is 0 Å². The van der Waals surface area contributed by atoms with Gasteiger partial charge in [-0.05, 0) is 12.1 Å². The lowest BCUT2D eigenvalue weighted by Crippen LogP contribution is -2.26. The van der Waals surface area contributed by atoms with Crippen LogP contribution in [0.1, 0.15) is 5.76 Å². The molecular weight excluding hydrogens is 298 g/mol. The van der Waals surface area contributed by atoms with Crippen LogP contribution in [0.4, 0.5) is 5.69 Å². The molecule has 0 unspecified atom stereocenters. The number of anilines is 1. The van der Waals surface area contributed by atoms with Gasteiger partial charge in [0.25, 0.3) is 0 Å². The summed E-state index contributed by atoms with van der Waals surface area (Å²) < 4.78 is 30.8. The summed E-state index contributed by atoms with van der Waals surface area (Å²) in [4.78, 5) is 0.887. The third kappa shape index (κ3) is 4.55. The monoisotopic (exact) mass is 313 g/mol. The molecule has 6 nitrogen and oxygen atoms in total. The van der Waals surface area contributed by atoms with Crippen LogP contribution in [0.3, 0.4) is 0 Å². The van der Waals surface area contributed by atoms with E-state index in [4.69, 9.17) is 10.3 Å². The Balaban J connectivity index is 1.79. The molecule has 1 heterocycles. The smallest absolute Gasteiger partial charge is 0.212 e. The molecule has 0 radical (unpaired) electrons. The quantitative estimate of drug-likeness (QED) is 0.593. The predicted molar refractivity (Wildman–Crippen MR) is 78.7 cm³/mol. The van der Waals surface area contributed by atoms with Gasteiger partial charge in [0, 0.05) is 22.4 Å². The Labute approximate surface area is 121 Å². The highest BCUT2D eigenvalue weighted by molar-refractivity contribution is 8.00. The summed E-state index contributed by atoms with van der Waals surface area (Å²) in [6, 6.07) is 8.99. The van der Waals surface area contributed by atoms with Gasteiger partial charge in [-0.2, -0.15) is 0 Å². The SMILES string of the molecule is Nc1ccccc1SCCS(=O)(=O)NCc1ccno1. The molecule has 0 saturated carbocycles. The van der Waals surface area contributed by atoms with E-state index in [0.29, 0.717) is 17.2 Å². The van der Waals surface area contributed by atoms with Crippen LogP contribution >= 0.6 is 11.8 Å². The zero-order valence-electron chi connectivity index (χ0n) is 10.7. The average Bonchev–Trinajstić information content (AvgIpc) is 2.92. The van der Waals surface area contributed by atoms with E-state index in [2.05, 4.69) is 9.88 Å². The molecule has 2 aromatic rings. The van der Waals surface area contributed by atoms with Crippen molar-refractivity contribution in [2.75, 3.05) is 17.2 Å². The third-order valence-electron chi connectivity index (χ3n) is 2.49. The van der Waals surface area contributed by atoms with Gasteiger partial charge >= 0.3 is 0 Å². The minimum absolute atomic E-state index is 0.0140. The highest BCUT2D eigenvalue weighted by Crippen LogP contribution is 2.24. The number of sulfonamides is 1. The summed E-state index contributed by atoms with van der Waals surface area (Å²) in [5, 5.41) is 3.51. The van der Waals surface area contributed by atoms with Gasteiger partial charge in [0.1, 0.15) is 0 Å². The second kappa shape index (κ2) is 6.78. The lowest BCUT2D eigenvalue weighted by molar-refractivity contribution is 0.380. The maximum Gasteiger partial charge on any atom is 0.212 e. The number of hydrogen-bond acceptors (Lipinski definition) is 6. The summed E-state index contributed by atoms with van der Waals surface area (Å²) in [6.45, 7) is 0.112. The van der Waals surface area contributed by atoms with Crippen molar-refractivity contribution in [1.29, 1.82) is 0 Å². The Morgan fingerprint density at radius 1 is 1.30 bits per heavy atom. The predicted octanol–water partition coefficient (Wildman–Crippen LogP) is 1.47. The van der Waals surface area contributed by atoms with E-state index in [1.165, 1.54) is 18.0 Å². The number of para-hydroxylation sites is 1. The van der Waals surface area contributed by atoms with Gasteiger partial charge in [0.15, 0.2) is 5.76 Å². The molecule has 2 rings (SSSR count). The fourth-order valence-corrected chi connectivity index (χ4v) is 3.81. The Morgan fingerprint density at radius 3 is 2.80 bits per heavy atom. The Kier molecular flexibility index (Phi) is 5.05. The van der Waals surface area contributed by atoms with Crippen molar-refractivity contribution in [2.45, 2.75) is 11.4 Å². The molecule has 0 saturated heterocycles. The molecule has 1 aromatic heterocycles. The number of nitrogen functional groups attached to an aromatic ring is 1. The number of aromatic nitrogens is 1. The van der Waals surface area contributed by atoms with Gasteiger partial charge in [-0.3, -0.25) is 0 Å². The lowest BCUT2D eigenvalue weighted by Gasteiger charge is -2.06. The molecule has 8 heteroatoms. The molecule has 1 aromatic carbocycles. The van der Waals surface area contributed by atoms with Gasteiger partial charge in [-0.15, -0.1) is 11.8 Å². The molecule has 0 fully saturated rings. The van der Waals surface area contributed by atoms with Crippen LogP contribution in [0.25, 0.3) is 0 Å². The van der Waals surface area contributed by atoms with Gasteiger partial charge in [0.2, 0.25) is 10.0 Å². The van der Waals surface area contributed by atoms with Crippen LogP contribution in [-0.4, -0.2) is 25.1 Å². The Bertz CT molecular complexity index is 642. The van der Waals surface area contributed by atoms with E-state index in [9.17, 15) is 8.42 Å². The number of thioether (sulfide) groups is 1. The first-order chi connectivity index (χ1) is 9.57. The highest BCUT2D eigenvalue weighted by atomic mass is 32.2. The standard InChI is InChI=1S/C12H15N3O3S2/c13-11-3-1-2-4-12(11)19-7-8-20(16,17)15-9-10-5-6-14-18-10/h1-6,15H,7-9,13H2. The zero-order chi connectivity index (χ0) is 14.4. The van der Waals surface area contributed by atoms with Crippen molar-refractivity contribution in [3.63, 3.8) is 0 Å². The average molecular weight is 313 g/mol. The van der Waals surface area contributed by atoms with Crippen LogP contribution in [0, 0.1) is 0 Å². The van der Waals surface area contributed by atoms with Crippen LogP contribution in [0.5, 0.6) is 0 Å². The van der Waals surface area contributed by atoms with Gasteiger partial charge < -0.3 is 10.3 Å². The molecular formula is C12H15N3O3S2. The summed E-state index contributed by atoms with van der Waals surface area (Å²) in [7, 11) is -3.34. The van der Waals surface area contributed by atoms with E-state index < -0.39 is 10.0 Å². The Hall–Kier alpha value is -1.51. The zero-order valence-corrected chi connectivity index (χ0v) is 12.3. The van der Waals surface area contributed by atoms with Crippen LogP contribution in [0.15, 0.2) is 45.9 Å². The minimum atomic E-state index is -3.34. The lowest BCUT2D eigenvalue weighted by atomic mass is 10.3. The van der Waals surface area contributed by atoms with Gasteiger partial charge in [-0.1, -0.05) is 17.3 Å². The van der Waals surface area contributed by atoms with E-state index in [1.807, 2.05) is 18.2 Å². The van der Waals surface area contributed by atoms with E-state index in [0.717, 1.165) is 4.90 Å². The van der Waals surface area contributed by atoms with Gasteiger partial charge in [-0.25, -0.2) is 13.1 Å². The molecule has 20 heavy (non-hydrogen) atoms. The molecule has 108 valence electrons. The molecule has 0 aliphatic carbocycles. The maximum atomic E-state index is 11.8. The summed E-state index contributed by atoms with van der Waals surface area (Å²) in [5.74, 6) is 0.925. The minimum Gasteiger partial charge on any atom is -0.398 e. The Morgan fingerprint density at radius 2 is 2.10 bits per heavy atom. The molecule has 0 amide bonds. The first-order valence-corrected chi connectivity index (χ1v) is 8.55. The summed E-state index contributed by atoms with van der Waals surface area (Å²) in [6.07, 6.45) is 1.47. The molecule has 0 bridgehead atoms. The maximum absolute atomic E-state index is 11.8. The fraction of sp³-hybridized carbons (Fsp3) is 0.250. The van der Waals surface area contributed by atoms with E-state index in [-0.39, 0.29) is 12.3 Å². The van der Waals surface area contributed by atoms with Crippen LogP contribution in [-0.2, 0) is 16.6 Å². The summed E-state index contributed by atoms with van der Waals surface area (Å²) >= 11 is 1.42. The first kappa shape index (κ1) is 14.9. The molecule has 0 aliphatic rings. The van der Waals surface area contributed by atoms with Crippen molar-refractivity contribution in [1.82, 2.24) is 9.88 Å². The number of benzene rings is 1. The van der Waals surface area contributed by atoms with Crippen molar-refractivity contribution in [3.05, 3.63) is 42.3 Å². The second-order valence-corrected chi connectivity index (χ2v) is 7.07. The number of hydrogen-bond donors (Lipinski definition) is 2. The molecule has 3 N–H and O–H groups in total. The first-order valence-electron chi connectivity index (χ1n) is 5.91. The highest BCUT2D eigenvalue weighted by Gasteiger charge is 2.11. The largest absolute Gasteiger partial charge is 0.398 e. The van der Waals surface area contributed by atoms with E-state index in [1.54, 1.807) is 12.1 Å². The molecule has 0 aliphatic heterocycles. The van der Waals surface area contributed by atoms with Crippen molar-refractivity contribution in [3.8, 4) is 0 Å². The fourth-order valence-electron chi connectivity index (χ4n) is 1.46. The van der Waals surface area contributed by atoms with Crippen molar-refractivity contribution < 1.29 is 12.9 Å². The number of nitrogens with two attached hydrogens (primary N) is 1. The second-order valence-electron chi connectivity index (χ2n) is 4.01. The van der Waals surface area contributed by atoms with Crippen LogP contribution in [0.2, 0.25) is 0 Å².